The van der Waals surface area contributed by atoms with Crippen molar-refractivity contribution in [2.75, 3.05) is 7.11 Å². The number of nitrogens with zero attached hydrogens (tertiary/aromatic N) is 2. The highest BCUT2D eigenvalue weighted by atomic mass is 16.6. The number of carbonyl (C=O) groups is 2. The smallest absolute Gasteiger partial charge is 0.408 e. The van der Waals surface area contributed by atoms with Crippen molar-refractivity contribution in [3.05, 3.63) is 36.0 Å². The Morgan fingerprint density at radius 2 is 1.93 bits per heavy atom. The van der Waals surface area contributed by atoms with Crippen LogP contribution in [-0.2, 0) is 9.53 Å². The molecule has 0 bridgehead atoms. The predicted molar refractivity (Wildman–Crippen MR) is 117 cm³/mol. The molecule has 0 saturated carbocycles. The van der Waals surface area contributed by atoms with E-state index in [-0.39, 0.29) is 5.92 Å². The first-order valence-electron chi connectivity index (χ1n) is 9.84. The number of fused-ring (bicyclic) bond motifs is 1. The molecule has 2 N–H and O–H groups in total. The Morgan fingerprint density at radius 1 is 1.20 bits per heavy atom. The third kappa shape index (κ3) is 7.35. The molecule has 162 valence electrons. The lowest BCUT2D eigenvalue weighted by molar-refractivity contribution is -0.123. The Hall–Kier alpha value is -3.16. The van der Waals surface area contributed by atoms with Gasteiger partial charge in [0.2, 0.25) is 0 Å². The summed E-state index contributed by atoms with van der Waals surface area (Å²) in [5, 5.41) is 7.54. The van der Waals surface area contributed by atoms with Crippen molar-refractivity contribution in [3.8, 4) is 5.75 Å². The van der Waals surface area contributed by atoms with Gasteiger partial charge in [-0.25, -0.2) is 15.2 Å². The van der Waals surface area contributed by atoms with E-state index in [9.17, 15) is 9.59 Å². The minimum Gasteiger partial charge on any atom is -0.497 e. The lowest BCUT2D eigenvalue weighted by Crippen LogP contribution is -2.47. The Morgan fingerprint density at radius 3 is 2.57 bits per heavy atom. The Balaban J connectivity index is 2.03. The number of nitrogens with one attached hydrogen (secondary N) is 2. The van der Waals surface area contributed by atoms with E-state index in [1.807, 2.05) is 38.1 Å². The standard InChI is InChI=1S/C22H30N4O4/c1-14(2)11-19(25-21(28)30-22(3,4)5)20(27)26-23-13-16-8-7-15-12-17(29-6)9-10-18(15)24-16/h7-10,12-14,19H,11H2,1-6H3,(H,25,28)(H,26,27)/b23-13-/t19-/m0/s1. The van der Waals surface area contributed by atoms with Gasteiger partial charge in [0.1, 0.15) is 17.4 Å². The first kappa shape index (κ1) is 23.1. The van der Waals surface area contributed by atoms with E-state index in [0.29, 0.717) is 12.1 Å². The van der Waals surface area contributed by atoms with Crippen LogP contribution in [0.1, 0.15) is 46.7 Å². The molecule has 2 rings (SSSR count). The molecule has 1 aromatic heterocycles. The number of hydrogen-bond acceptors (Lipinski definition) is 6. The summed E-state index contributed by atoms with van der Waals surface area (Å²) < 4.78 is 10.5. The largest absolute Gasteiger partial charge is 0.497 e. The van der Waals surface area contributed by atoms with Crippen LogP contribution < -0.4 is 15.5 Å². The number of alkyl carbamates (subject to hydrolysis) is 1. The highest BCUT2D eigenvalue weighted by Crippen LogP contribution is 2.19. The van der Waals surface area contributed by atoms with E-state index in [0.717, 1.165) is 16.7 Å². The van der Waals surface area contributed by atoms with Gasteiger partial charge in [0.25, 0.3) is 5.91 Å². The first-order valence-corrected chi connectivity index (χ1v) is 9.84. The van der Waals surface area contributed by atoms with Crippen LogP contribution in [0.25, 0.3) is 10.9 Å². The number of ether oxygens (including phenoxy) is 2. The van der Waals surface area contributed by atoms with Crippen LogP contribution in [0.15, 0.2) is 35.4 Å². The Kier molecular flexibility index (Phi) is 7.74. The molecule has 1 aromatic carbocycles. The van der Waals surface area contributed by atoms with Crippen LogP contribution in [0.3, 0.4) is 0 Å². The summed E-state index contributed by atoms with van der Waals surface area (Å²) in [5.41, 5.74) is 3.20. The second kappa shape index (κ2) is 10.0. The molecule has 0 aliphatic rings. The predicted octanol–water partition coefficient (Wildman–Crippen LogP) is 3.63. The van der Waals surface area contributed by atoms with Crippen LogP contribution in [0.5, 0.6) is 5.75 Å². The summed E-state index contributed by atoms with van der Waals surface area (Å²) >= 11 is 0. The lowest BCUT2D eigenvalue weighted by Gasteiger charge is -2.23. The van der Waals surface area contributed by atoms with Gasteiger partial charge in [-0.2, -0.15) is 5.10 Å². The van der Waals surface area contributed by atoms with Crippen molar-refractivity contribution in [1.82, 2.24) is 15.7 Å². The van der Waals surface area contributed by atoms with Crippen molar-refractivity contribution in [2.24, 2.45) is 11.0 Å². The molecular formula is C22H30N4O4. The molecule has 0 saturated heterocycles. The number of rotatable bonds is 7. The van der Waals surface area contributed by atoms with Gasteiger partial charge in [-0.05, 0) is 57.4 Å². The zero-order chi connectivity index (χ0) is 22.3. The maximum Gasteiger partial charge on any atom is 0.408 e. The molecule has 1 heterocycles. The number of pyridine rings is 1. The van der Waals surface area contributed by atoms with E-state index in [4.69, 9.17) is 9.47 Å². The molecule has 0 unspecified atom stereocenters. The van der Waals surface area contributed by atoms with Crippen LogP contribution >= 0.6 is 0 Å². The second-order valence-corrected chi connectivity index (χ2v) is 8.36. The van der Waals surface area contributed by atoms with Crippen LogP contribution in [0, 0.1) is 5.92 Å². The molecule has 1 atom stereocenters. The van der Waals surface area contributed by atoms with Crippen molar-refractivity contribution in [3.63, 3.8) is 0 Å². The van der Waals surface area contributed by atoms with Gasteiger partial charge < -0.3 is 14.8 Å². The highest BCUT2D eigenvalue weighted by molar-refractivity contribution is 5.88. The summed E-state index contributed by atoms with van der Waals surface area (Å²) in [6.45, 7) is 9.23. The number of carbonyl (C=O) groups excluding carboxylic acids is 2. The topological polar surface area (TPSA) is 102 Å². The number of methoxy groups -OCH3 is 1. The summed E-state index contributed by atoms with van der Waals surface area (Å²) in [6, 6.07) is 8.52. The third-order valence-electron chi connectivity index (χ3n) is 4.00. The van der Waals surface area contributed by atoms with Crippen molar-refractivity contribution >= 4 is 29.1 Å². The summed E-state index contributed by atoms with van der Waals surface area (Å²) in [7, 11) is 1.61. The maximum atomic E-state index is 12.5. The fourth-order valence-corrected chi connectivity index (χ4v) is 2.71. The summed E-state index contributed by atoms with van der Waals surface area (Å²) in [5.74, 6) is 0.529. The van der Waals surface area contributed by atoms with Gasteiger partial charge in [0.15, 0.2) is 0 Å². The highest BCUT2D eigenvalue weighted by Gasteiger charge is 2.25. The Labute approximate surface area is 177 Å². The van der Waals surface area contributed by atoms with E-state index in [2.05, 4.69) is 20.8 Å². The second-order valence-electron chi connectivity index (χ2n) is 8.36. The van der Waals surface area contributed by atoms with Crippen LogP contribution in [0.2, 0.25) is 0 Å². The van der Waals surface area contributed by atoms with E-state index in [1.165, 1.54) is 6.21 Å². The first-order chi connectivity index (χ1) is 14.1. The molecule has 2 amide bonds. The molecule has 30 heavy (non-hydrogen) atoms. The summed E-state index contributed by atoms with van der Waals surface area (Å²) in [4.78, 5) is 29.1. The number of hydrogen-bond donors (Lipinski definition) is 2. The quantitative estimate of drug-likeness (QED) is 0.532. The molecule has 8 nitrogen and oxygen atoms in total. The van der Waals surface area contributed by atoms with Gasteiger partial charge in [-0.3, -0.25) is 4.79 Å². The molecule has 0 aliphatic carbocycles. The van der Waals surface area contributed by atoms with Gasteiger partial charge in [-0.1, -0.05) is 19.9 Å². The zero-order valence-electron chi connectivity index (χ0n) is 18.4. The minimum absolute atomic E-state index is 0.193. The molecular weight excluding hydrogens is 384 g/mol. The van der Waals surface area contributed by atoms with Crippen molar-refractivity contribution in [2.45, 2.75) is 52.7 Å². The molecule has 2 aromatic rings. The molecule has 0 fully saturated rings. The maximum absolute atomic E-state index is 12.5. The van der Waals surface area contributed by atoms with E-state index in [1.54, 1.807) is 33.9 Å². The molecule has 0 aliphatic heterocycles. The van der Waals surface area contributed by atoms with Crippen LogP contribution in [0.4, 0.5) is 4.79 Å². The zero-order valence-corrected chi connectivity index (χ0v) is 18.4. The fourth-order valence-electron chi connectivity index (χ4n) is 2.71. The third-order valence-corrected chi connectivity index (χ3v) is 4.00. The molecule has 0 spiro atoms. The van der Waals surface area contributed by atoms with Gasteiger partial charge in [0.05, 0.1) is 24.5 Å². The van der Waals surface area contributed by atoms with E-state index < -0.39 is 23.6 Å². The van der Waals surface area contributed by atoms with Gasteiger partial charge in [0, 0.05) is 5.39 Å². The minimum atomic E-state index is -0.756. The number of hydrazone groups is 1. The van der Waals surface area contributed by atoms with Gasteiger partial charge in [-0.15, -0.1) is 0 Å². The number of amides is 2. The number of aromatic nitrogens is 1. The average Bonchev–Trinajstić information content (AvgIpc) is 2.65. The SMILES string of the molecule is COc1ccc2nc(/C=N\NC(=O)[C@H](CC(C)C)NC(=O)OC(C)(C)C)ccc2c1. The average molecular weight is 415 g/mol. The molecule has 8 heteroatoms. The van der Waals surface area contributed by atoms with Crippen LogP contribution in [-0.4, -0.2) is 42.0 Å². The van der Waals surface area contributed by atoms with Crippen molar-refractivity contribution < 1.29 is 19.1 Å². The Bertz CT molecular complexity index is 919. The van der Waals surface area contributed by atoms with Crippen molar-refractivity contribution in [1.29, 1.82) is 0 Å². The lowest BCUT2D eigenvalue weighted by atomic mass is 10.0. The fraction of sp³-hybridized carbons (Fsp3) is 0.455. The normalized spacial score (nSPS) is 12.8. The monoisotopic (exact) mass is 414 g/mol. The number of benzene rings is 1. The van der Waals surface area contributed by atoms with Gasteiger partial charge >= 0.3 is 6.09 Å². The molecule has 0 radical (unpaired) electrons. The van der Waals surface area contributed by atoms with E-state index >= 15 is 0 Å². The summed E-state index contributed by atoms with van der Waals surface area (Å²) in [6.07, 6.45) is 1.27.